The number of carbonyl (C=O) groups is 1. The van der Waals surface area contributed by atoms with Crippen molar-refractivity contribution in [2.24, 2.45) is 0 Å². The highest BCUT2D eigenvalue weighted by Crippen LogP contribution is 2.48. The highest BCUT2D eigenvalue weighted by atomic mass is 79.9. The Balaban J connectivity index is 2.05. The Bertz CT molecular complexity index is 364. The van der Waals surface area contributed by atoms with E-state index in [4.69, 9.17) is 14.2 Å². The van der Waals surface area contributed by atoms with Crippen molar-refractivity contribution >= 4 is 21.9 Å². The van der Waals surface area contributed by atoms with Gasteiger partial charge in [-0.25, -0.2) is 0 Å². The van der Waals surface area contributed by atoms with Crippen LogP contribution in [0.15, 0.2) is 12.2 Å². The molecule has 0 N–H and O–H groups in total. The number of ether oxygens (including phenoxy) is 3. The molecule has 0 aromatic heterocycles. The van der Waals surface area contributed by atoms with Crippen LogP contribution in [0.2, 0.25) is 0 Å². The largest absolute Gasteiger partial charge is 0.454 e. The third kappa shape index (κ3) is 1.17. The topological polar surface area (TPSA) is 44.8 Å². The lowest BCUT2D eigenvalue weighted by Crippen LogP contribution is -2.61. The van der Waals surface area contributed by atoms with E-state index in [1.807, 2.05) is 19.9 Å². The van der Waals surface area contributed by atoms with Crippen molar-refractivity contribution in [1.29, 1.82) is 0 Å². The van der Waals surface area contributed by atoms with Gasteiger partial charge >= 0.3 is 5.97 Å². The molecule has 4 atom stereocenters. The molecule has 5 heteroatoms. The number of hydrogen-bond donors (Lipinski definition) is 0. The van der Waals surface area contributed by atoms with E-state index in [9.17, 15) is 4.79 Å². The molecule has 0 spiro atoms. The fourth-order valence-corrected chi connectivity index (χ4v) is 2.90. The van der Waals surface area contributed by atoms with Gasteiger partial charge in [0.1, 0.15) is 18.3 Å². The average Bonchev–Trinajstić information content (AvgIpc) is 2.46. The fourth-order valence-electron chi connectivity index (χ4n) is 2.30. The Hall–Kier alpha value is -0.390. The lowest BCUT2D eigenvalue weighted by molar-refractivity contribution is -0.168. The summed E-state index contributed by atoms with van der Waals surface area (Å²) in [6.45, 7) is 3.68. The van der Waals surface area contributed by atoms with Gasteiger partial charge in [0.25, 0.3) is 0 Å². The van der Waals surface area contributed by atoms with Gasteiger partial charge in [-0.2, -0.15) is 0 Å². The standard InChI is InChI=1S/C10H11BrO4/c1-9(2)14-6-5-3-4-10(11,7(6)15-9)8(12)13-5/h3-7H,1-2H3/t5-,6+,7+,10-/m1/s1. The summed E-state index contributed by atoms with van der Waals surface area (Å²) in [5.74, 6) is -0.954. The maximum atomic E-state index is 11.7. The molecule has 0 saturated carbocycles. The van der Waals surface area contributed by atoms with E-state index < -0.39 is 10.1 Å². The van der Waals surface area contributed by atoms with Gasteiger partial charge in [-0.1, -0.05) is 22.0 Å². The van der Waals surface area contributed by atoms with Crippen LogP contribution < -0.4 is 0 Å². The van der Waals surface area contributed by atoms with Crippen LogP contribution in [0.5, 0.6) is 0 Å². The van der Waals surface area contributed by atoms with E-state index in [1.165, 1.54) is 0 Å². The Morgan fingerprint density at radius 2 is 2.13 bits per heavy atom. The quantitative estimate of drug-likeness (QED) is 0.378. The zero-order valence-electron chi connectivity index (χ0n) is 8.40. The normalized spacial score (nSPS) is 50.3. The molecule has 2 fully saturated rings. The predicted molar refractivity (Wildman–Crippen MR) is 54.5 cm³/mol. The van der Waals surface area contributed by atoms with E-state index in [1.54, 1.807) is 6.08 Å². The van der Waals surface area contributed by atoms with Crippen LogP contribution in [0.1, 0.15) is 13.8 Å². The van der Waals surface area contributed by atoms with Gasteiger partial charge < -0.3 is 14.2 Å². The fraction of sp³-hybridized carbons (Fsp3) is 0.700. The van der Waals surface area contributed by atoms with E-state index in [0.29, 0.717) is 0 Å². The van der Waals surface area contributed by atoms with Crippen LogP contribution in [0.4, 0.5) is 0 Å². The molecule has 2 bridgehead atoms. The molecule has 0 radical (unpaired) electrons. The molecule has 15 heavy (non-hydrogen) atoms. The molecule has 4 nitrogen and oxygen atoms in total. The molecule has 0 amide bonds. The van der Waals surface area contributed by atoms with Crippen molar-refractivity contribution in [3.8, 4) is 0 Å². The summed E-state index contributed by atoms with van der Waals surface area (Å²) in [6.07, 6.45) is 2.83. The third-order valence-corrected chi connectivity index (χ3v) is 3.99. The minimum atomic E-state index is -0.875. The molecule has 1 aliphatic carbocycles. The van der Waals surface area contributed by atoms with Gasteiger partial charge in [0.2, 0.25) is 0 Å². The lowest BCUT2D eigenvalue weighted by Gasteiger charge is -2.42. The minimum Gasteiger partial charge on any atom is -0.454 e. The van der Waals surface area contributed by atoms with Crippen molar-refractivity contribution in [3.63, 3.8) is 0 Å². The Labute approximate surface area is 95.7 Å². The Morgan fingerprint density at radius 1 is 1.40 bits per heavy atom. The second kappa shape index (κ2) is 2.64. The van der Waals surface area contributed by atoms with Gasteiger partial charge in [-0.05, 0) is 19.9 Å². The maximum absolute atomic E-state index is 11.7. The Kier molecular flexibility index (Phi) is 1.73. The predicted octanol–water partition coefficient (Wildman–Crippen LogP) is 1.14. The van der Waals surface area contributed by atoms with Gasteiger partial charge in [-0.3, -0.25) is 4.79 Å². The van der Waals surface area contributed by atoms with Gasteiger partial charge in [0.05, 0.1) is 0 Å². The van der Waals surface area contributed by atoms with Crippen LogP contribution >= 0.6 is 15.9 Å². The first-order valence-corrected chi connectivity index (χ1v) is 5.67. The summed E-state index contributed by atoms with van der Waals surface area (Å²) in [6, 6.07) is 0. The van der Waals surface area contributed by atoms with Crippen LogP contribution in [-0.2, 0) is 19.0 Å². The summed E-state index contributed by atoms with van der Waals surface area (Å²) in [5.41, 5.74) is 0. The van der Waals surface area contributed by atoms with Gasteiger partial charge in [0.15, 0.2) is 10.1 Å². The highest BCUT2D eigenvalue weighted by molar-refractivity contribution is 9.10. The van der Waals surface area contributed by atoms with Gasteiger partial charge in [0, 0.05) is 0 Å². The van der Waals surface area contributed by atoms with Crippen molar-refractivity contribution in [2.45, 2.75) is 42.3 Å². The molecule has 2 saturated heterocycles. The monoisotopic (exact) mass is 274 g/mol. The Morgan fingerprint density at radius 3 is 2.80 bits per heavy atom. The maximum Gasteiger partial charge on any atom is 0.330 e. The number of carbonyl (C=O) groups excluding carboxylic acids is 1. The summed E-state index contributed by atoms with van der Waals surface area (Å²) in [4.78, 5) is 11.7. The van der Waals surface area contributed by atoms with Crippen molar-refractivity contribution < 1.29 is 19.0 Å². The SMILES string of the molecule is CC1(C)O[C@H]2[C@H]3C=C[C@](Br)(C(=O)O3)[C@H]2O1. The number of fused-ring (bicyclic) bond motifs is 1. The first-order valence-electron chi connectivity index (χ1n) is 4.87. The summed E-state index contributed by atoms with van der Waals surface area (Å²) in [7, 11) is 0. The van der Waals surface area contributed by atoms with Crippen molar-refractivity contribution in [1.82, 2.24) is 0 Å². The third-order valence-electron chi connectivity index (χ3n) is 2.95. The molecule has 3 aliphatic heterocycles. The summed E-state index contributed by atoms with van der Waals surface area (Å²) >= 11 is 3.39. The molecule has 0 aromatic rings. The van der Waals surface area contributed by atoms with E-state index >= 15 is 0 Å². The van der Waals surface area contributed by atoms with E-state index in [2.05, 4.69) is 15.9 Å². The number of hydrogen-bond acceptors (Lipinski definition) is 4. The van der Waals surface area contributed by atoms with Crippen LogP contribution in [0.25, 0.3) is 0 Å². The number of alkyl halides is 1. The summed E-state index contributed by atoms with van der Waals surface area (Å²) < 4.78 is 15.8. The highest BCUT2D eigenvalue weighted by Gasteiger charge is 2.63. The van der Waals surface area contributed by atoms with Crippen molar-refractivity contribution in [2.75, 3.05) is 0 Å². The van der Waals surface area contributed by atoms with Gasteiger partial charge in [-0.15, -0.1) is 0 Å². The minimum absolute atomic E-state index is 0.206. The lowest BCUT2D eigenvalue weighted by atomic mass is 9.85. The zero-order chi connectivity index (χ0) is 10.8. The molecule has 3 heterocycles. The van der Waals surface area contributed by atoms with E-state index in [0.717, 1.165) is 0 Å². The second-order valence-corrected chi connectivity index (χ2v) is 5.83. The van der Waals surface area contributed by atoms with Crippen LogP contribution in [0, 0.1) is 0 Å². The van der Waals surface area contributed by atoms with Crippen LogP contribution in [0.3, 0.4) is 0 Å². The molecule has 4 aliphatic rings. The van der Waals surface area contributed by atoms with Crippen LogP contribution in [-0.4, -0.2) is 34.4 Å². The second-order valence-electron chi connectivity index (χ2n) is 4.52. The zero-order valence-corrected chi connectivity index (χ0v) is 9.98. The molecule has 82 valence electrons. The first kappa shape index (κ1) is 9.81. The molecule has 4 rings (SSSR count). The number of halogens is 1. The number of esters is 1. The van der Waals surface area contributed by atoms with Crippen molar-refractivity contribution in [3.05, 3.63) is 12.2 Å². The molecular formula is C10H11BrO4. The molecular weight excluding hydrogens is 264 g/mol. The average molecular weight is 275 g/mol. The first-order chi connectivity index (χ1) is 6.92. The smallest absolute Gasteiger partial charge is 0.330 e. The summed E-state index contributed by atoms with van der Waals surface area (Å²) in [5, 5.41) is 0. The number of rotatable bonds is 0. The molecule has 0 aromatic carbocycles. The van der Waals surface area contributed by atoms with E-state index in [-0.39, 0.29) is 24.3 Å². The molecule has 0 unspecified atom stereocenters.